The molecule has 0 aromatic carbocycles. The molecule has 7 heteroatoms. The summed E-state index contributed by atoms with van der Waals surface area (Å²) in [4.78, 5) is 18.3. The molecule has 1 atom stereocenters. The maximum atomic E-state index is 11.7. The van der Waals surface area contributed by atoms with Crippen LogP contribution in [-0.4, -0.2) is 61.2 Å². The van der Waals surface area contributed by atoms with Crippen LogP contribution in [0.2, 0.25) is 0 Å². The lowest BCUT2D eigenvalue weighted by Crippen LogP contribution is -2.42. The number of halogens is 1. The summed E-state index contributed by atoms with van der Waals surface area (Å²) in [5.74, 6) is 0.754. The minimum Gasteiger partial charge on any atom is -0.391 e. The molecule has 0 aliphatic carbocycles. The van der Waals surface area contributed by atoms with Crippen LogP contribution in [0.5, 0.6) is 0 Å². The Morgan fingerprint density at radius 3 is 2.60 bits per heavy atom. The summed E-state index contributed by atoms with van der Waals surface area (Å²) in [7, 11) is 1.63. The highest BCUT2D eigenvalue weighted by Gasteiger charge is 2.28. The van der Waals surface area contributed by atoms with Gasteiger partial charge in [0.2, 0.25) is 5.91 Å². The Kier molecular flexibility index (Phi) is 8.41. The highest BCUT2D eigenvalue weighted by atomic mass is 127. The lowest BCUT2D eigenvalue weighted by Gasteiger charge is -2.24. The SMILES string of the molecule is CCNC(=NCC(C)(C)C(=O)NC)N1CC[C@@H](O)C1.I. The second-order valence-corrected chi connectivity index (χ2v) is 5.52. The fourth-order valence-electron chi connectivity index (χ4n) is 2.04. The predicted molar refractivity (Wildman–Crippen MR) is 91.4 cm³/mol. The summed E-state index contributed by atoms with van der Waals surface area (Å²) in [5.41, 5.74) is -0.534. The van der Waals surface area contributed by atoms with Gasteiger partial charge in [-0.3, -0.25) is 9.79 Å². The molecule has 1 amide bonds. The quantitative estimate of drug-likeness (QED) is 0.364. The number of aliphatic hydroxyl groups is 1. The second kappa shape index (κ2) is 8.66. The van der Waals surface area contributed by atoms with Crippen molar-refractivity contribution < 1.29 is 9.90 Å². The Morgan fingerprint density at radius 1 is 1.50 bits per heavy atom. The van der Waals surface area contributed by atoms with Crippen molar-refractivity contribution in [2.75, 3.05) is 33.2 Å². The molecular weight excluding hydrogens is 371 g/mol. The van der Waals surface area contributed by atoms with Gasteiger partial charge in [0.15, 0.2) is 5.96 Å². The molecule has 0 spiro atoms. The van der Waals surface area contributed by atoms with Crippen LogP contribution in [0.3, 0.4) is 0 Å². The van der Waals surface area contributed by atoms with E-state index in [4.69, 9.17) is 0 Å². The highest BCUT2D eigenvalue weighted by molar-refractivity contribution is 14.0. The number of guanidine groups is 1. The van der Waals surface area contributed by atoms with Crippen LogP contribution in [0.15, 0.2) is 4.99 Å². The van der Waals surface area contributed by atoms with Crippen LogP contribution in [0.1, 0.15) is 27.2 Å². The van der Waals surface area contributed by atoms with E-state index in [0.29, 0.717) is 13.1 Å². The van der Waals surface area contributed by atoms with Crippen molar-refractivity contribution in [2.45, 2.75) is 33.3 Å². The molecule has 0 aromatic rings. The Balaban J connectivity index is 0.00000361. The first-order valence-electron chi connectivity index (χ1n) is 6.84. The van der Waals surface area contributed by atoms with E-state index in [1.807, 2.05) is 25.7 Å². The first-order valence-corrected chi connectivity index (χ1v) is 6.84. The van der Waals surface area contributed by atoms with Gasteiger partial charge in [-0.05, 0) is 27.2 Å². The van der Waals surface area contributed by atoms with E-state index >= 15 is 0 Å². The van der Waals surface area contributed by atoms with Crippen LogP contribution in [0, 0.1) is 5.41 Å². The van der Waals surface area contributed by atoms with Crippen LogP contribution in [-0.2, 0) is 4.79 Å². The molecule has 20 heavy (non-hydrogen) atoms. The van der Waals surface area contributed by atoms with Crippen molar-refractivity contribution in [1.29, 1.82) is 0 Å². The molecule has 0 saturated carbocycles. The van der Waals surface area contributed by atoms with Crippen molar-refractivity contribution >= 4 is 35.8 Å². The number of nitrogens with one attached hydrogen (secondary N) is 2. The van der Waals surface area contributed by atoms with E-state index < -0.39 is 5.41 Å². The van der Waals surface area contributed by atoms with Gasteiger partial charge in [0.25, 0.3) is 0 Å². The maximum Gasteiger partial charge on any atom is 0.227 e. The molecule has 0 bridgehead atoms. The number of hydrogen-bond donors (Lipinski definition) is 3. The Labute approximate surface area is 138 Å². The number of aliphatic hydroxyl groups excluding tert-OH is 1. The molecule has 1 rings (SSSR count). The topological polar surface area (TPSA) is 77.0 Å². The van der Waals surface area contributed by atoms with Gasteiger partial charge < -0.3 is 20.6 Å². The number of nitrogens with zero attached hydrogens (tertiary/aromatic N) is 2. The van der Waals surface area contributed by atoms with Gasteiger partial charge in [-0.1, -0.05) is 0 Å². The third-order valence-corrected chi connectivity index (χ3v) is 3.26. The zero-order chi connectivity index (χ0) is 14.5. The van der Waals surface area contributed by atoms with E-state index in [1.165, 1.54) is 0 Å². The van der Waals surface area contributed by atoms with Gasteiger partial charge in [0, 0.05) is 26.7 Å². The first kappa shape index (κ1) is 19.4. The summed E-state index contributed by atoms with van der Waals surface area (Å²) in [6, 6.07) is 0. The van der Waals surface area contributed by atoms with Crippen LogP contribution in [0.4, 0.5) is 0 Å². The van der Waals surface area contributed by atoms with Gasteiger partial charge in [-0.25, -0.2) is 0 Å². The van der Waals surface area contributed by atoms with Gasteiger partial charge in [0.05, 0.1) is 18.1 Å². The monoisotopic (exact) mass is 398 g/mol. The maximum absolute atomic E-state index is 11.7. The van der Waals surface area contributed by atoms with E-state index in [9.17, 15) is 9.90 Å². The van der Waals surface area contributed by atoms with Gasteiger partial charge in [-0.15, -0.1) is 24.0 Å². The minimum atomic E-state index is -0.534. The molecule has 0 aromatic heterocycles. The summed E-state index contributed by atoms with van der Waals surface area (Å²) in [6.45, 7) is 8.34. The fraction of sp³-hybridized carbons (Fsp3) is 0.846. The average Bonchev–Trinajstić information content (AvgIpc) is 2.79. The van der Waals surface area contributed by atoms with Crippen LogP contribution < -0.4 is 10.6 Å². The largest absolute Gasteiger partial charge is 0.391 e. The zero-order valence-corrected chi connectivity index (χ0v) is 15.1. The number of aliphatic imine (C=N–C) groups is 1. The lowest BCUT2D eigenvalue weighted by molar-refractivity contribution is -0.128. The number of amides is 1. The van der Waals surface area contributed by atoms with Gasteiger partial charge in [0.1, 0.15) is 0 Å². The van der Waals surface area contributed by atoms with Gasteiger partial charge in [-0.2, -0.15) is 0 Å². The molecule has 1 heterocycles. The smallest absolute Gasteiger partial charge is 0.227 e. The molecular formula is C13H27IN4O2. The van der Waals surface area contributed by atoms with Crippen molar-refractivity contribution in [2.24, 2.45) is 10.4 Å². The summed E-state index contributed by atoms with van der Waals surface area (Å²) in [5, 5.41) is 15.4. The standard InChI is InChI=1S/C13H26N4O2.HI/c1-5-15-12(17-7-6-10(18)8-17)16-9-13(2,3)11(19)14-4;/h10,18H,5-9H2,1-4H3,(H,14,19)(H,15,16);1H/t10-;/m1./s1. The number of carbonyl (C=O) groups excluding carboxylic acids is 1. The van der Waals surface area contributed by atoms with E-state index in [-0.39, 0.29) is 36.0 Å². The van der Waals surface area contributed by atoms with Gasteiger partial charge >= 0.3 is 0 Å². The summed E-state index contributed by atoms with van der Waals surface area (Å²) >= 11 is 0. The molecule has 3 N–H and O–H groups in total. The molecule has 118 valence electrons. The predicted octanol–water partition coefficient (Wildman–Crippen LogP) is 0.409. The van der Waals surface area contributed by atoms with Crippen molar-refractivity contribution in [3.63, 3.8) is 0 Å². The fourth-order valence-corrected chi connectivity index (χ4v) is 2.04. The normalized spacial score (nSPS) is 19.6. The van der Waals surface area contributed by atoms with Crippen LogP contribution in [0.25, 0.3) is 0 Å². The van der Waals surface area contributed by atoms with E-state index in [1.54, 1.807) is 7.05 Å². The van der Waals surface area contributed by atoms with E-state index in [0.717, 1.165) is 25.5 Å². The molecule has 1 fully saturated rings. The number of rotatable bonds is 4. The molecule has 6 nitrogen and oxygen atoms in total. The number of β-amino-alcohol motifs (C(OH)–C–C–N with tert-alkyl or cyclic N) is 1. The Morgan fingerprint density at radius 2 is 2.15 bits per heavy atom. The summed E-state index contributed by atoms with van der Waals surface area (Å²) < 4.78 is 0. The summed E-state index contributed by atoms with van der Waals surface area (Å²) in [6.07, 6.45) is 0.485. The Hall–Kier alpha value is -0.570. The number of likely N-dealkylation sites (tertiary alicyclic amines) is 1. The molecule has 0 radical (unpaired) electrons. The van der Waals surface area contributed by atoms with Crippen molar-refractivity contribution in [3.05, 3.63) is 0 Å². The minimum absolute atomic E-state index is 0. The third-order valence-electron chi connectivity index (χ3n) is 3.26. The van der Waals surface area contributed by atoms with Crippen LogP contribution >= 0.6 is 24.0 Å². The highest BCUT2D eigenvalue weighted by Crippen LogP contribution is 2.16. The average molecular weight is 398 g/mol. The molecule has 1 aliphatic rings. The lowest BCUT2D eigenvalue weighted by atomic mass is 9.93. The molecule has 0 unspecified atom stereocenters. The zero-order valence-electron chi connectivity index (χ0n) is 12.8. The molecule has 1 aliphatic heterocycles. The first-order chi connectivity index (χ1) is 8.90. The van der Waals surface area contributed by atoms with Crippen molar-refractivity contribution in [3.8, 4) is 0 Å². The second-order valence-electron chi connectivity index (χ2n) is 5.52. The number of hydrogen-bond acceptors (Lipinski definition) is 3. The Bertz CT molecular complexity index is 347. The van der Waals surface area contributed by atoms with Crippen molar-refractivity contribution in [1.82, 2.24) is 15.5 Å². The molecule has 1 saturated heterocycles. The number of carbonyl (C=O) groups is 1. The van der Waals surface area contributed by atoms with E-state index in [2.05, 4.69) is 15.6 Å². The third kappa shape index (κ3) is 5.43.